The molecule has 0 saturated carbocycles. The van der Waals surface area contributed by atoms with Crippen molar-refractivity contribution in [2.24, 2.45) is 0 Å². The Hall–Kier alpha value is -2.21. The maximum Gasteiger partial charge on any atom is 0.220 e. The van der Waals surface area contributed by atoms with Crippen LogP contribution in [-0.2, 0) is 16.8 Å². The molecule has 1 aromatic heterocycles. The summed E-state index contributed by atoms with van der Waals surface area (Å²) in [4.78, 5) is 11.7. The molecule has 22 heavy (non-hydrogen) atoms. The molecule has 1 heterocycles. The van der Waals surface area contributed by atoms with Crippen molar-refractivity contribution < 1.29 is 23.1 Å². The number of furan rings is 1. The van der Waals surface area contributed by atoms with E-state index in [1.165, 1.54) is 19.3 Å². The molecule has 0 radical (unpaired) electrons. The summed E-state index contributed by atoms with van der Waals surface area (Å²) in [6.45, 7) is 1.18. The SMILES string of the molecule is C[C@](O)(CNC(=O)CCc1ccco1)c1ccc(F)cc1F. The average Bonchev–Trinajstić information content (AvgIpc) is 2.96. The van der Waals surface area contributed by atoms with E-state index in [9.17, 15) is 18.7 Å². The minimum absolute atomic E-state index is 0.0692. The number of carbonyl (C=O) groups is 1. The Morgan fingerprint density at radius 2 is 2.14 bits per heavy atom. The van der Waals surface area contributed by atoms with Crippen LogP contribution in [0.25, 0.3) is 0 Å². The minimum Gasteiger partial charge on any atom is -0.469 e. The average molecular weight is 309 g/mol. The molecule has 0 aliphatic carbocycles. The van der Waals surface area contributed by atoms with E-state index >= 15 is 0 Å². The Morgan fingerprint density at radius 1 is 1.36 bits per heavy atom. The first-order valence-electron chi connectivity index (χ1n) is 6.85. The quantitative estimate of drug-likeness (QED) is 0.862. The summed E-state index contributed by atoms with van der Waals surface area (Å²) in [6.07, 6.45) is 2.15. The third-order valence-corrected chi connectivity index (χ3v) is 3.32. The van der Waals surface area contributed by atoms with Gasteiger partial charge in [-0.2, -0.15) is 0 Å². The largest absolute Gasteiger partial charge is 0.469 e. The molecule has 0 aliphatic rings. The molecule has 0 aliphatic heterocycles. The predicted molar refractivity (Wildman–Crippen MR) is 76.0 cm³/mol. The molecule has 0 fully saturated rings. The van der Waals surface area contributed by atoms with Gasteiger partial charge in [0.05, 0.1) is 12.8 Å². The van der Waals surface area contributed by atoms with Crippen LogP contribution < -0.4 is 5.32 Å². The lowest BCUT2D eigenvalue weighted by atomic mass is 9.95. The highest BCUT2D eigenvalue weighted by atomic mass is 19.1. The first-order valence-corrected chi connectivity index (χ1v) is 6.85. The summed E-state index contributed by atoms with van der Waals surface area (Å²) in [6, 6.07) is 6.42. The van der Waals surface area contributed by atoms with E-state index < -0.39 is 17.2 Å². The number of carbonyl (C=O) groups excluding carboxylic acids is 1. The van der Waals surface area contributed by atoms with Crippen molar-refractivity contribution >= 4 is 5.91 Å². The van der Waals surface area contributed by atoms with E-state index in [0.29, 0.717) is 18.2 Å². The van der Waals surface area contributed by atoms with Crippen LogP contribution >= 0.6 is 0 Å². The second-order valence-corrected chi connectivity index (χ2v) is 5.25. The van der Waals surface area contributed by atoms with Crippen LogP contribution in [0.5, 0.6) is 0 Å². The Labute approximate surface area is 126 Å². The number of rotatable bonds is 6. The van der Waals surface area contributed by atoms with E-state index in [2.05, 4.69) is 5.32 Å². The maximum atomic E-state index is 13.7. The number of aryl methyl sites for hydroxylation is 1. The second kappa shape index (κ2) is 6.70. The van der Waals surface area contributed by atoms with Crippen LogP contribution in [-0.4, -0.2) is 17.6 Å². The standard InChI is InChI=1S/C16H17F2NO3/c1-16(21,13-6-4-11(17)9-14(13)18)10-19-15(20)7-5-12-3-2-8-22-12/h2-4,6,8-9,21H,5,7,10H2,1H3,(H,19,20)/t16-/m0/s1. The highest BCUT2D eigenvalue weighted by Crippen LogP contribution is 2.23. The summed E-state index contributed by atoms with van der Waals surface area (Å²) in [7, 11) is 0. The molecule has 2 rings (SSSR count). The summed E-state index contributed by atoms with van der Waals surface area (Å²) in [5, 5.41) is 12.8. The lowest BCUT2D eigenvalue weighted by Gasteiger charge is -2.24. The van der Waals surface area contributed by atoms with Crippen molar-refractivity contribution in [2.45, 2.75) is 25.4 Å². The van der Waals surface area contributed by atoms with E-state index in [4.69, 9.17) is 4.42 Å². The molecular formula is C16H17F2NO3. The number of halogens is 2. The van der Waals surface area contributed by atoms with Gasteiger partial charge in [-0.1, -0.05) is 6.07 Å². The Balaban J connectivity index is 1.90. The van der Waals surface area contributed by atoms with Gasteiger partial charge < -0.3 is 14.8 Å². The van der Waals surface area contributed by atoms with Gasteiger partial charge in [-0.25, -0.2) is 8.78 Å². The molecule has 6 heteroatoms. The topological polar surface area (TPSA) is 62.5 Å². The number of aliphatic hydroxyl groups is 1. The molecule has 4 nitrogen and oxygen atoms in total. The third kappa shape index (κ3) is 4.14. The lowest BCUT2D eigenvalue weighted by Crippen LogP contribution is -2.39. The fourth-order valence-electron chi connectivity index (χ4n) is 2.07. The summed E-state index contributed by atoms with van der Waals surface area (Å²) in [5.74, 6) is -1.18. The molecule has 118 valence electrons. The first kappa shape index (κ1) is 16.2. The van der Waals surface area contributed by atoms with E-state index in [1.807, 2.05) is 0 Å². The van der Waals surface area contributed by atoms with Gasteiger partial charge in [0.2, 0.25) is 5.91 Å². The van der Waals surface area contributed by atoms with Crippen molar-refractivity contribution in [1.29, 1.82) is 0 Å². The third-order valence-electron chi connectivity index (χ3n) is 3.32. The van der Waals surface area contributed by atoms with Gasteiger partial charge in [0, 0.05) is 24.5 Å². The molecule has 0 bridgehead atoms. The zero-order valence-electron chi connectivity index (χ0n) is 12.1. The monoisotopic (exact) mass is 309 g/mol. The van der Waals surface area contributed by atoms with Crippen LogP contribution in [0.3, 0.4) is 0 Å². The number of hydrogen-bond donors (Lipinski definition) is 2. The fraction of sp³-hybridized carbons (Fsp3) is 0.312. The molecule has 0 spiro atoms. The summed E-state index contributed by atoms with van der Waals surface area (Å²) >= 11 is 0. The van der Waals surface area contributed by atoms with Crippen molar-refractivity contribution in [3.63, 3.8) is 0 Å². The van der Waals surface area contributed by atoms with Gasteiger partial charge in [0.1, 0.15) is 23.0 Å². The number of nitrogens with one attached hydrogen (secondary N) is 1. The summed E-state index contributed by atoms with van der Waals surface area (Å²) < 4.78 is 31.7. The lowest BCUT2D eigenvalue weighted by molar-refractivity contribution is -0.122. The molecule has 2 aromatic rings. The van der Waals surface area contributed by atoms with Crippen molar-refractivity contribution in [2.75, 3.05) is 6.54 Å². The molecule has 1 amide bonds. The van der Waals surface area contributed by atoms with Crippen LogP contribution in [0.2, 0.25) is 0 Å². The highest BCUT2D eigenvalue weighted by molar-refractivity contribution is 5.76. The molecule has 2 N–H and O–H groups in total. The Kier molecular flexibility index (Phi) is 4.92. The van der Waals surface area contributed by atoms with Gasteiger partial charge in [-0.15, -0.1) is 0 Å². The summed E-state index contributed by atoms with van der Waals surface area (Å²) in [5.41, 5.74) is -1.70. The number of benzene rings is 1. The van der Waals surface area contributed by atoms with E-state index in [-0.39, 0.29) is 24.4 Å². The van der Waals surface area contributed by atoms with Gasteiger partial charge >= 0.3 is 0 Å². The second-order valence-electron chi connectivity index (χ2n) is 5.25. The van der Waals surface area contributed by atoms with Crippen molar-refractivity contribution in [1.82, 2.24) is 5.32 Å². The van der Waals surface area contributed by atoms with E-state index in [0.717, 1.165) is 6.07 Å². The van der Waals surface area contributed by atoms with Crippen LogP contribution in [0.4, 0.5) is 8.78 Å². The van der Waals surface area contributed by atoms with Gasteiger partial charge in [0.25, 0.3) is 0 Å². The van der Waals surface area contributed by atoms with Gasteiger partial charge in [-0.3, -0.25) is 4.79 Å². The van der Waals surface area contributed by atoms with Crippen molar-refractivity contribution in [3.05, 3.63) is 59.6 Å². The number of amides is 1. The maximum absolute atomic E-state index is 13.7. The molecule has 0 unspecified atom stereocenters. The Bertz CT molecular complexity index is 639. The van der Waals surface area contributed by atoms with Crippen molar-refractivity contribution in [3.8, 4) is 0 Å². The Morgan fingerprint density at radius 3 is 2.77 bits per heavy atom. The predicted octanol–water partition coefficient (Wildman–Crippen LogP) is 2.51. The van der Waals surface area contributed by atoms with Crippen LogP contribution in [0.1, 0.15) is 24.7 Å². The first-order chi connectivity index (χ1) is 10.4. The molecule has 1 atom stereocenters. The zero-order chi connectivity index (χ0) is 16.2. The zero-order valence-corrected chi connectivity index (χ0v) is 12.1. The fourth-order valence-corrected chi connectivity index (χ4v) is 2.07. The normalized spacial score (nSPS) is 13.6. The van der Waals surface area contributed by atoms with Gasteiger partial charge in [0.15, 0.2) is 0 Å². The highest BCUT2D eigenvalue weighted by Gasteiger charge is 2.27. The van der Waals surface area contributed by atoms with Crippen LogP contribution in [0.15, 0.2) is 41.0 Å². The molecule has 0 saturated heterocycles. The molecular weight excluding hydrogens is 292 g/mol. The number of hydrogen-bond acceptors (Lipinski definition) is 3. The van der Waals surface area contributed by atoms with E-state index in [1.54, 1.807) is 12.1 Å². The smallest absolute Gasteiger partial charge is 0.220 e. The van der Waals surface area contributed by atoms with Crippen LogP contribution in [0, 0.1) is 11.6 Å². The minimum atomic E-state index is -1.63. The molecule has 1 aromatic carbocycles. The van der Waals surface area contributed by atoms with Gasteiger partial charge in [-0.05, 0) is 25.1 Å².